The van der Waals surface area contributed by atoms with Crippen LogP contribution in [0.25, 0.3) is 11.2 Å². The number of halogens is 1. The van der Waals surface area contributed by atoms with E-state index in [0.29, 0.717) is 17.5 Å². The van der Waals surface area contributed by atoms with Gasteiger partial charge in [-0.2, -0.15) is 5.10 Å². The van der Waals surface area contributed by atoms with Gasteiger partial charge >= 0.3 is 0 Å². The van der Waals surface area contributed by atoms with Crippen LogP contribution in [0.15, 0.2) is 24.5 Å². The normalized spacial score (nSPS) is 11.3. The van der Waals surface area contributed by atoms with Gasteiger partial charge in [-0.25, -0.2) is 9.97 Å². The van der Waals surface area contributed by atoms with Gasteiger partial charge in [-0.1, -0.05) is 11.6 Å². The van der Waals surface area contributed by atoms with Crippen molar-refractivity contribution in [1.29, 1.82) is 0 Å². The van der Waals surface area contributed by atoms with Crippen LogP contribution in [0.3, 0.4) is 0 Å². The Labute approximate surface area is 114 Å². The van der Waals surface area contributed by atoms with E-state index in [9.17, 15) is 0 Å². The van der Waals surface area contributed by atoms with E-state index >= 15 is 0 Å². The van der Waals surface area contributed by atoms with Crippen molar-refractivity contribution in [2.24, 2.45) is 7.05 Å². The zero-order chi connectivity index (χ0) is 13.4. The van der Waals surface area contributed by atoms with Gasteiger partial charge in [0.05, 0.1) is 5.02 Å². The fourth-order valence-electron chi connectivity index (χ4n) is 2.10. The maximum atomic E-state index is 5.93. The van der Waals surface area contributed by atoms with Gasteiger partial charge in [0, 0.05) is 38.1 Å². The number of anilines is 1. The van der Waals surface area contributed by atoms with E-state index in [-0.39, 0.29) is 0 Å². The van der Waals surface area contributed by atoms with Crippen molar-refractivity contribution in [2.45, 2.75) is 13.0 Å². The Morgan fingerprint density at radius 1 is 1.42 bits per heavy atom. The van der Waals surface area contributed by atoms with Gasteiger partial charge in [-0.15, -0.1) is 0 Å². The molecule has 7 heteroatoms. The summed E-state index contributed by atoms with van der Waals surface area (Å²) < 4.78 is 3.73. The molecule has 2 N–H and O–H groups in total. The highest BCUT2D eigenvalue weighted by molar-refractivity contribution is 6.31. The van der Waals surface area contributed by atoms with Crippen LogP contribution in [-0.4, -0.2) is 24.3 Å². The number of aryl methyl sites for hydroxylation is 3. The van der Waals surface area contributed by atoms with Gasteiger partial charge in [0.25, 0.3) is 0 Å². The molecule has 0 unspecified atom stereocenters. The van der Waals surface area contributed by atoms with Crippen molar-refractivity contribution in [3.05, 3.63) is 35.2 Å². The van der Waals surface area contributed by atoms with Gasteiger partial charge in [0.2, 0.25) is 5.95 Å². The third kappa shape index (κ3) is 2.15. The molecule has 0 bridgehead atoms. The maximum Gasteiger partial charge on any atom is 0.202 e. The molecule has 3 aromatic heterocycles. The third-order valence-corrected chi connectivity index (χ3v) is 3.30. The molecule has 3 aromatic rings. The number of imidazole rings is 1. The second kappa shape index (κ2) is 4.55. The number of hydrogen-bond acceptors (Lipinski definition) is 4. The van der Waals surface area contributed by atoms with Gasteiger partial charge in [0.15, 0.2) is 5.65 Å². The molecule has 0 aliphatic rings. The number of nitrogen functional groups attached to an aromatic ring is 1. The summed E-state index contributed by atoms with van der Waals surface area (Å²) in [6, 6.07) is 3.75. The fourth-order valence-corrected chi connectivity index (χ4v) is 2.25. The fraction of sp³-hybridized carbons (Fsp3) is 0.250. The summed E-state index contributed by atoms with van der Waals surface area (Å²) in [5, 5.41) is 4.70. The predicted octanol–water partition coefficient (Wildman–Crippen LogP) is 1.64. The standard InChI is InChI=1S/C12H13ClN6/c1-18-9(2-4-16-18)3-5-19-11-10(17-12(19)14)6-8(13)7-15-11/h2,4,6-7H,3,5H2,1H3,(H2,14,17). The lowest BCUT2D eigenvalue weighted by Gasteiger charge is -2.06. The lowest BCUT2D eigenvalue weighted by molar-refractivity contribution is 0.648. The summed E-state index contributed by atoms with van der Waals surface area (Å²) in [6.45, 7) is 0.705. The minimum atomic E-state index is 0.451. The van der Waals surface area contributed by atoms with Gasteiger partial charge in [-0.3, -0.25) is 9.25 Å². The Kier molecular flexibility index (Phi) is 2.87. The van der Waals surface area contributed by atoms with Crippen LogP contribution in [0.2, 0.25) is 5.02 Å². The first kappa shape index (κ1) is 12.0. The minimum absolute atomic E-state index is 0.451. The van der Waals surface area contributed by atoms with E-state index in [4.69, 9.17) is 17.3 Å². The molecular formula is C12H13ClN6. The summed E-state index contributed by atoms with van der Waals surface area (Å²) in [6.07, 6.45) is 4.20. The monoisotopic (exact) mass is 276 g/mol. The first-order valence-electron chi connectivity index (χ1n) is 5.89. The van der Waals surface area contributed by atoms with Crippen LogP contribution in [0.1, 0.15) is 5.69 Å². The Hall–Kier alpha value is -2.08. The topological polar surface area (TPSA) is 74.5 Å². The van der Waals surface area contributed by atoms with Crippen LogP contribution in [0.5, 0.6) is 0 Å². The zero-order valence-corrected chi connectivity index (χ0v) is 11.2. The highest BCUT2D eigenvalue weighted by Crippen LogP contribution is 2.19. The zero-order valence-electron chi connectivity index (χ0n) is 10.4. The first-order valence-corrected chi connectivity index (χ1v) is 6.27. The average Bonchev–Trinajstić information content (AvgIpc) is 2.90. The second-order valence-electron chi connectivity index (χ2n) is 4.31. The van der Waals surface area contributed by atoms with Gasteiger partial charge in [0.1, 0.15) is 5.52 Å². The van der Waals surface area contributed by atoms with E-state index in [1.54, 1.807) is 18.5 Å². The van der Waals surface area contributed by atoms with Crippen LogP contribution in [-0.2, 0) is 20.0 Å². The van der Waals surface area contributed by atoms with Crippen LogP contribution >= 0.6 is 11.6 Å². The second-order valence-corrected chi connectivity index (χ2v) is 4.75. The number of fused-ring (bicyclic) bond motifs is 1. The average molecular weight is 277 g/mol. The molecule has 3 heterocycles. The predicted molar refractivity (Wildman–Crippen MR) is 73.9 cm³/mol. The van der Waals surface area contributed by atoms with Gasteiger partial charge < -0.3 is 5.73 Å². The molecule has 19 heavy (non-hydrogen) atoms. The molecule has 0 aromatic carbocycles. The Morgan fingerprint density at radius 2 is 2.26 bits per heavy atom. The SMILES string of the molecule is Cn1nccc1CCn1c(N)nc2cc(Cl)cnc21. The quantitative estimate of drug-likeness (QED) is 0.789. The summed E-state index contributed by atoms with van der Waals surface area (Å²) in [4.78, 5) is 8.56. The summed E-state index contributed by atoms with van der Waals surface area (Å²) >= 11 is 5.90. The number of nitrogens with two attached hydrogens (primary N) is 1. The molecule has 0 radical (unpaired) electrons. The van der Waals surface area contributed by atoms with E-state index in [0.717, 1.165) is 23.3 Å². The number of nitrogens with zero attached hydrogens (tertiary/aromatic N) is 5. The Bertz CT molecular complexity index is 729. The van der Waals surface area contributed by atoms with Crippen molar-refractivity contribution in [3.8, 4) is 0 Å². The Balaban J connectivity index is 1.92. The molecule has 0 atom stereocenters. The molecule has 0 aliphatic heterocycles. The van der Waals surface area contributed by atoms with Crippen molar-refractivity contribution in [3.63, 3.8) is 0 Å². The molecule has 6 nitrogen and oxygen atoms in total. The molecule has 0 fully saturated rings. The van der Waals surface area contributed by atoms with Crippen molar-refractivity contribution in [1.82, 2.24) is 24.3 Å². The summed E-state index contributed by atoms with van der Waals surface area (Å²) in [7, 11) is 1.92. The maximum absolute atomic E-state index is 5.93. The molecule has 0 spiro atoms. The molecule has 3 rings (SSSR count). The number of rotatable bonds is 3. The highest BCUT2D eigenvalue weighted by Gasteiger charge is 2.10. The Morgan fingerprint density at radius 3 is 3.00 bits per heavy atom. The van der Waals surface area contributed by atoms with Crippen molar-refractivity contribution < 1.29 is 0 Å². The summed E-state index contributed by atoms with van der Waals surface area (Å²) in [5.41, 5.74) is 8.53. The number of aromatic nitrogens is 5. The third-order valence-electron chi connectivity index (χ3n) is 3.10. The number of hydrogen-bond donors (Lipinski definition) is 1. The molecule has 0 saturated carbocycles. The number of pyridine rings is 1. The summed E-state index contributed by atoms with van der Waals surface area (Å²) in [5.74, 6) is 0.451. The molecule has 0 saturated heterocycles. The molecule has 0 aliphatic carbocycles. The largest absolute Gasteiger partial charge is 0.369 e. The lowest BCUT2D eigenvalue weighted by atomic mass is 10.3. The minimum Gasteiger partial charge on any atom is -0.369 e. The highest BCUT2D eigenvalue weighted by atomic mass is 35.5. The van der Waals surface area contributed by atoms with E-state index < -0.39 is 0 Å². The smallest absolute Gasteiger partial charge is 0.202 e. The van der Waals surface area contributed by atoms with Crippen LogP contribution in [0, 0.1) is 0 Å². The van der Waals surface area contributed by atoms with Crippen LogP contribution in [0.4, 0.5) is 5.95 Å². The van der Waals surface area contributed by atoms with Gasteiger partial charge in [-0.05, 0) is 12.1 Å². The molecular weight excluding hydrogens is 264 g/mol. The molecule has 98 valence electrons. The first-order chi connectivity index (χ1) is 9.15. The lowest BCUT2D eigenvalue weighted by Crippen LogP contribution is -2.08. The van der Waals surface area contributed by atoms with Crippen molar-refractivity contribution >= 4 is 28.7 Å². The van der Waals surface area contributed by atoms with E-state index in [1.165, 1.54) is 0 Å². The van der Waals surface area contributed by atoms with E-state index in [2.05, 4.69) is 15.1 Å². The molecule has 0 amide bonds. The van der Waals surface area contributed by atoms with Crippen molar-refractivity contribution in [2.75, 3.05) is 5.73 Å². The van der Waals surface area contributed by atoms with Crippen LogP contribution < -0.4 is 5.73 Å². The van der Waals surface area contributed by atoms with E-state index in [1.807, 2.05) is 22.4 Å².